The number of carbonyl (C=O) groups excluding carboxylic acids is 1. The number of methoxy groups -OCH3 is 1. The lowest BCUT2D eigenvalue weighted by Crippen LogP contribution is -2.27. The van der Waals surface area contributed by atoms with Crippen molar-refractivity contribution in [3.8, 4) is 28.5 Å². The van der Waals surface area contributed by atoms with Gasteiger partial charge in [0.05, 0.1) is 19.3 Å². The van der Waals surface area contributed by atoms with Crippen molar-refractivity contribution in [1.29, 1.82) is 0 Å². The largest absolute Gasteiger partial charge is 0.465 e. The second-order valence-electron chi connectivity index (χ2n) is 9.86. The van der Waals surface area contributed by atoms with Crippen molar-refractivity contribution in [2.75, 3.05) is 7.11 Å². The van der Waals surface area contributed by atoms with E-state index in [1.807, 2.05) is 67.2 Å². The van der Waals surface area contributed by atoms with Gasteiger partial charge in [0.2, 0.25) is 0 Å². The van der Waals surface area contributed by atoms with Gasteiger partial charge in [-0.15, -0.1) is 5.10 Å². The number of aryl methyl sites for hydroxylation is 1. The number of ether oxygens (including phenoxy) is 1. The molecule has 0 aliphatic rings. The number of aromatic nitrogens is 8. The summed E-state index contributed by atoms with van der Waals surface area (Å²) in [5.41, 5.74) is 4.42. The van der Waals surface area contributed by atoms with E-state index in [4.69, 9.17) is 9.72 Å². The van der Waals surface area contributed by atoms with E-state index in [0.29, 0.717) is 23.8 Å². The first-order valence-electron chi connectivity index (χ1n) is 13.3. The Balaban J connectivity index is 1.52. The molecule has 1 aromatic carbocycles. The normalized spacial score (nSPS) is 11.3. The molecule has 0 spiro atoms. The number of imidazole rings is 1. The lowest BCUT2D eigenvalue weighted by molar-refractivity contribution is 0.0600. The SMILES string of the molecule is CCCCc1cn(-c2c(C(=O)OC)ccn2C(C)C)c(=O)n1Cc1ccc(-c2ccccc2-c2nnn[nH]2)nc1. The number of pyridine rings is 1. The van der Waals surface area contributed by atoms with E-state index in [1.54, 1.807) is 21.4 Å². The minimum absolute atomic E-state index is 0.0371. The van der Waals surface area contributed by atoms with Crippen LogP contribution in [0.25, 0.3) is 28.5 Å². The van der Waals surface area contributed by atoms with Crippen LogP contribution in [-0.2, 0) is 17.7 Å². The Morgan fingerprint density at radius 2 is 1.90 bits per heavy atom. The van der Waals surface area contributed by atoms with E-state index in [2.05, 4.69) is 27.5 Å². The molecule has 0 radical (unpaired) electrons. The van der Waals surface area contributed by atoms with E-state index >= 15 is 0 Å². The predicted octanol–water partition coefficient (Wildman–Crippen LogP) is 4.44. The van der Waals surface area contributed by atoms with Crippen LogP contribution in [0.3, 0.4) is 0 Å². The number of H-pyrrole nitrogens is 1. The van der Waals surface area contributed by atoms with Crippen LogP contribution in [0.2, 0.25) is 0 Å². The molecular formula is C29H32N8O3. The van der Waals surface area contributed by atoms with Crippen molar-refractivity contribution in [3.63, 3.8) is 0 Å². The molecule has 0 amide bonds. The van der Waals surface area contributed by atoms with Gasteiger partial charge in [-0.1, -0.05) is 43.7 Å². The third kappa shape index (κ3) is 5.09. The number of nitrogens with one attached hydrogen (secondary N) is 1. The van der Waals surface area contributed by atoms with Crippen molar-refractivity contribution in [2.45, 2.75) is 52.6 Å². The maximum absolute atomic E-state index is 13.9. The van der Waals surface area contributed by atoms with Crippen molar-refractivity contribution >= 4 is 5.97 Å². The summed E-state index contributed by atoms with van der Waals surface area (Å²) < 4.78 is 10.3. The topological polar surface area (TPSA) is 126 Å². The van der Waals surface area contributed by atoms with Crippen LogP contribution in [-0.4, -0.2) is 52.4 Å². The average molecular weight is 541 g/mol. The van der Waals surface area contributed by atoms with Crippen LogP contribution >= 0.6 is 0 Å². The number of tetrazole rings is 1. The summed E-state index contributed by atoms with van der Waals surface area (Å²) in [6, 6.07) is 13.4. The molecule has 0 fully saturated rings. The Kier molecular flexibility index (Phi) is 7.72. The van der Waals surface area contributed by atoms with Crippen LogP contribution in [0.1, 0.15) is 61.3 Å². The van der Waals surface area contributed by atoms with Gasteiger partial charge in [-0.25, -0.2) is 14.7 Å². The fourth-order valence-electron chi connectivity index (χ4n) is 4.83. The zero-order valence-corrected chi connectivity index (χ0v) is 23.0. The minimum atomic E-state index is -0.481. The fourth-order valence-corrected chi connectivity index (χ4v) is 4.83. The summed E-state index contributed by atoms with van der Waals surface area (Å²) in [6.07, 6.45) is 8.11. The maximum atomic E-state index is 13.9. The van der Waals surface area contributed by atoms with E-state index < -0.39 is 5.97 Å². The Hall–Kier alpha value is -4.80. The summed E-state index contributed by atoms with van der Waals surface area (Å²) in [5, 5.41) is 14.2. The number of esters is 1. The fraction of sp³-hybridized carbons (Fsp3) is 0.310. The van der Waals surface area contributed by atoms with Gasteiger partial charge in [-0.05, 0) is 54.8 Å². The van der Waals surface area contributed by atoms with E-state index in [-0.39, 0.29) is 11.7 Å². The zero-order valence-electron chi connectivity index (χ0n) is 23.0. The summed E-state index contributed by atoms with van der Waals surface area (Å²) in [7, 11) is 1.34. The second-order valence-corrected chi connectivity index (χ2v) is 9.86. The lowest BCUT2D eigenvalue weighted by atomic mass is 10.0. The first kappa shape index (κ1) is 26.8. The molecule has 11 heteroatoms. The van der Waals surface area contributed by atoms with Gasteiger partial charge in [-0.2, -0.15) is 0 Å². The van der Waals surface area contributed by atoms with E-state index in [0.717, 1.165) is 47.3 Å². The molecule has 4 aromatic heterocycles. The van der Waals surface area contributed by atoms with Gasteiger partial charge in [-0.3, -0.25) is 14.1 Å². The zero-order chi connectivity index (χ0) is 28.2. The molecule has 0 aliphatic heterocycles. The number of carbonyl (C=O) groups is 1. The molecule has 0 bridgehead atoms. The van der Waals surface area contributed by atoms with Gasteiger partial charge >= 0.3 is 11.7 Å². The molecule has 206 valence electrons. The number of aromatic amines is 1. The van der Waals surface area contributed by atoms with Crippen LogP contribution < -0.4 is 5.69 Å². The van der Waals surface area contributed by atoms with Gasteiger partial charge in [0.15, 0.2) is 5.82 Å². The van der Waals surface area contributed by atoms with Gasteiger partial charge in [0.1, 0.15) is 11.4 Å². The van der Waals surface area contributed by atoms with Crippen LogP contribution in [0.4, 0.5) is 0 Å². The molecule has 1 N–H and O–H groups in total. The Labute approximate surface area is 231 Å². The summed E-state index contributed by atoms with van der Waals surface area (Å²) in [5.74, 6) is 0.591. The highest BCUT2D eigenvalue weighted by Crippen LogP contribution is 2.28. The molecule has 0 saturated heterocycles. The Morgan fingerprint density at radius 3 is 2.55 bits per heavy atom. The van der Waals surface area contributed by atoms with E-state index in [1.165, 1.54) is 7.11 Å². The Morgan fingerprint density at radius 1 is 1.10 bits per heavy atom. The summed E-state index contributed by atoms with van der Waals surface area (Å²) in [6.45, 7) is 6.49. The number of benzene rings is 1. The Bertz CT molecular complexity index is 1660. The first-order chi connectivity index (χ1) is 19.4. The highest BCUT2D eigenvalue weighted by atomic mass is 16.5. The van der Waals surface area contributed by atoms with Crippen LogP contribution in [0, 0.1) is 0 Å². The van der Waals surface area contributed by atoms with Crippen molar-refractivity contribution in [1.82, 2.24) is 39.3 Å². The maximum Gasteiger partial charge on any atom is 0.341 e. The van der Waals surface area contributed by atoms with Crippen LogP contribution in [0.15, 0.2) is 65.8 Å². The predicted molar refractivity (Wildman–Crippen MR) is 150 cm³/mol. The number of hydrogen-bond acceptors (Lipinski definition) is 7. The van der Waals surface area contributed by atoms with Gasteiger partial charge in [0.25, 0.3) is 0 Å². The van der Waals surface area contributed by atoms with E-state index in [9.17, 15) is 9.59 Å². The number of nitrogens with zero attached hydrogens (tertiary/aromatic N) is 7. The van der Waals surface area contributed by atoms with Crippen LogP contribution in [0.5, 0.6) is 0 Å². The van der Waals surface area contributed by atoms with Crippen molar-refractivity contribution < 1.29 is 9.53 Å². The summed E-state index contributed by atoms with van der Waals surface area (Å²) >= 11 is 0. The van der Waals surface area contributed by atoms with Gasteiger partial charge < -0.3 is 9.30 Å². The average Bonchev–Trinajstić information content (AvgIpc) is 3.72. The minimum Gasteiger partial charge on any atom is -0.465 e. The van der Waals surface area contributed by atoms with Crippen molar-refractivity contribution in [3.05, 3.63) is 88.4 Å². The molecule has 0 atom stereocenters. The highest BCUT2D eigenvalue weighted by Gasteiger charge is 2.23. The molecule has 5 rings (SSSR count). The molecule has 5 aromatic rings. The quantitative estimate of drug-likeness (QED) is 0.260. The molecule has 11 nitrogen and oxygen atoms in total. The highest BCUT2D eigenvalue weighted by molar-refractivity contribution is 5.93. The molecule has 40 heavy (non-hydrogen) atoms. The number of rotatable bonds is 10. The number of hydrogen-bond donors (Lipinski definition) is 1. The number of unbranched alkanes of at least 4 members (excludes halogenated alkanes) is 1. The molecular weight excluding hydrogens is 508 g/mol. The van der Waals surface area contributed by atoms with Crippen molar-refractivity contribution in [2.24, 2.45) is 0 Å². The smallest absolute Gasteiger partial charge is 0.341 e. The standard InChI is InChI=1S/C29H32N8O3/c1-5-6-9-21-18-37(27-24(28(38)40-4)14-15-35(27)19(2)3)29(39)36(21)17-20-12-13-25(30-16-20)22-10-7-8-11-23(22)26-31-33-34-32-26/h7-8,10-16,18-19H,5-6,9,17H2,1-4H3,(H,31,32,33,34). The third-order valence-electron chi connectivity index (χ3n) is 6.89. The molecule has 4 heterocycles. The first-order valence-corrected chi connectivity index (χ1v) is 13.3. The second kappa shape index (κ2) is 11.5. The summed E-state index contributed by atoms with van der Waals surface area (Å²) in [4.78, 5) is 31.2. The monoisotopic (exact) mass is 540 g/mol. The molecule has 0 aliphatic carbocycles. The third-order valence-corrected chi connectivity index (χ3v) is 6.89. The molecule has 0 unspecified atom stereocenters. The van der Waals surface area contributed by atoms with Gasteiger partial charge in [0, 0.05) is 41.5 Å². The lowest BCUT2D eigenvalue weighted by Gasteiger charge is -2.14. The molecule has 0 saturated carbocycles.